The van der Waals surface area contributed by atoms with Crippen LogP contribution in [0.1, 0.15) is 17.0 Å². The predicted octanol–water partition coefficient (Wildman–Crippen LogP) is 3.05. The van der Waals surface area contributed by atoms with Gasteiger partial charge in [-0.15, -0.1) is 0 Å². The van der Waals surface area contributed by atoms with Crippen molar-refractivity contribution >= 4 is 5.71 Å². The van der Waals surface area contributed by atoms with Crippen molar-refractivity contribution in [3.63, 3.8) is 0 Å². The molecule has 102 valence electrons. The van der Waals surface area contributed by atoms with E-state index in [1.165, 1.54) is 0 Å². The molecule has 0 aromatic heterocycles. The van der Waals surface area contributed by atoms with Crippen molar-refractivity contribution in [1.29, 1.82) is 0 Å². The first-order chi connectivity index (χ1) is 9.83. The van der Waals surface area contributed by atoms with Crippen LogP contribution < -0.4 is 9.47 Å². The molecule has 3 rings (SSSR count). The normalized spacial score (nSPS) is 19.2. The number of methoxy groups -OCH3 is 1. The number of fused-ring (bicyclic) bond motifs is 1. The van der Waals surface area contributed by atoms with Crippen LogP contribution in [-0.2, 0) is 0 Å². The van der Waals surface area contributed by atoms with E-state index in [1.54, 1.807) is 7.11 Å². The van der Waals surface area contributed by atoms with Crippen LogP contribution in [0.25, 0.3) is 0 Å². The summed E-state index contributed by atoms with van der Waals surface area (Å²) in [5.74, 6) is 1.34. The lowest BCUT2D eigenvalue weighted by atomic mass is 9.88. The quantitative estimate of drug-likeness (QED) is 0.673. The summed E-state index contributed by atoms with van der Waals surface area (Å²) >= 11 is 0. The highest BCUT2D eigenvalue weighted by molar-refractivity contribution is 6.07. The van der Waals surface area contributed by atoms with Gasteiger partial charge >= 0.3 is 0 Å². The van der Waals surface area contributed by atoms with Crippen LogP contribution in [-0.4, -0.2) is 24.6 Å². The fourth-order valence-electron chi connectivity index (χ4n) is 2.46. The summed E-state index contributed by atoms with van der Waals surface area (Å²) < 4.78 is 11.0. The van der Waals surface area contributed by atoms with E-state index >= 15 is 0 Å². The van der Waals surface area contributed by atoms with E-state index in [9.17, 15) is 5.21 Å². The van der Waals surface area contributed by atoms with E-state index < -0.39 is 0 Å². The molecule has 0 saturated heterocycles. The van der Waals surface area contributed by atoms with Crippen LogP contribution in [0, 0.1) is 0 Å². The second kappa shape index (κ2) is 5.25. The maximum Gasteiger partial charge on any atom is 0.132 e. The van der Waals surface area contributed by atoms with Gasteiger partial charge in [-0.2, -0.15) is 0 Å². The monoisotopic (exact) mass is 269 g/mol. The number of nitrogens with zero attached hydrogens (tertiary/aromatic N) is 1. The molecule has 1 heterocycles. The molecule has 0 radical (unpaired) electrons. The van der Waals surface area contributed by atoms with Crippen molar-refractivity contribution in [2.75, 3.05) is 13.7 Å². The molecule has 1 atom stereocenters. The van der Waals surface area contributed by atoms with Crippen molar-refractivity contribution in [2.24, 2.45) is 5.16 Å². The van der Waals surface area contributed by atoms with Gasteiger partial charge in [0.05, 0.1) is 13.0 Å². The van der Waals surface area contributed by atoms with E-state index in [4.69, 9.17) is 9.47 Å². The van der Waals surface area contributed by atoms with Crippen LogP contribution in [0.5, 0.6) is 11.5 Å². The van der Waals surface area contributed by atoms with Crippen molar-refractivity contribution in [1.82, 2.24) is 0 Å². The highest BCUT2D eigenvalue weighted by Gasteiger charge is 2.29. The minimum atomic E-state index is -0.0675. The Hall–Kier alpha value is -2.49. The third-order valence-corrected chi connectivity index (χ3v) is 3.51. The average molecular weight is 269 g/mol. The Bertz CT molecular complexity index is 637. The largest absolute Gasteiger partial charge is 0.497 e. The molecule has 4 nitrogen and oxygen atoms in total. The SMILES string of the molecule is COc1ccc2c(c1)OCC(c1ccccc1)C2=NO. The van der Waals surface area contributed by atoms with Gasteiger partial charge in [0.25, 0.3) is 0 Å². The first-order valence-electron chi connectivity index (χ1n) is 6.41. The van der Waals surface area contributed by atoms with Crippen molar-refractivity contribution < 1.29 is 14.7 Å². The summed E-state index contributed by atoms with van der Waals surface area (Å²) in [5.41, 5.74) is 2.50. The smallest absolute Gasteiger partial charge is 0.132 e. The third kappa shape index (κ3) is 2.09. The molecule has 4 heteroatoms. The van der Waals surface area contributed by atoms with Gasteiger partial charge in [0.2, 0.25) is 0 Å². The Labute approximate surface area is 117 Å². The van der Waals surface area contributed by atoms with Crippen LogP contribution in [0.3, 0.4) is 0 Å². The summed E-state index contributed by atoms with van der Waals surface area (Å²) in [6.07, 6.45) is 0. The van der Waals surface area contributed by atoms with E-state index in [2.05, 4.69) is 5.16 Å². The van der Waals surface area contributed by atoms with E-state index in [0.717, 1.165) is 16.9 Å². The predicted molar refractivity (Wildman–Crippen MR) is 76.0 cm³/mol. The molecule has 1 N–H and O–H groups in total. The molecule has 0 saturated carbocycles. The number of ether oxygens (including phenoxy) is 2. The van der Waals surface area contributed by atoms with Crippen molar-refractivity contribution in [3.8, 4) is 11.5 Å². The molecule has 20 heavy (non-hydrogen) atoms. The Kier molecular flexibility index (Phi) is 3.29. The maximum absolute atomic E-state index is 9.40. The molecule has 0 fully saturated rings. The Morgan fingerprint density at radius 1 is 1.20 bits per heavy atom. The first-order valence-corrected chi connectivity index (χ1v) is 6.41. The fourth-order valence-corrected chi connectivity index (χ4v) is 2.46. The molecule has 1 aliphatic heterocycles. The number of rotatable bonds is 2. The molecule has 0 aliphatic carbocycles. The van der Waals surface area contributed by atoms with Gasteiger partial charge in [-0.1, -0.05) is 35.5 Å². The average Bonchev–Trinajstić information content (AvgIpc) is 2.53. The molecule has 2 aromatic rings. The number of oxime groups is 1. The maximum atomic E-state index is 9.40. The second-order valence-corrected chi connectivity index (χ2v) is 4.62. The summed E-state index contributed by atoms with van der Waals surface area (Å²) in [7, 11) is 1.61. The fraction of sp³-hybridized carbons (Fsp3) is 0.188. The molecule has 0 spiro atoms. The summed E-state index contributed by atoms with van der Waals surface area (Å²) in [6.45, 7) is 0.448. The molecule has 0 amide bonds. The van der Waals surface area contributed by atoms with Gasteiger partial charge in [0.15, 0.2) is 0 Å². The van der Waals surface area contributed by atoms with Gasteiger partial charge in [0, 0.05) is 11.6 Å². The van der Waals surface area contributed by atoms with Crippen LogP contribution in [0.4, 0.5) is 0 Å². The van der Waals surface area contributed by atoms with E-state index in [0.29, 0.717) is 18.1 Å². The van der Waals surface area contributed by atoms with Gasteiger partial charge in [-0.3, -0.25) is 0 Å². The van der Waals surface area contributed by atoms with Gasteiger partial charge in [0.1, 0.15) is 23.8 Å². The summed E-state index contributed by atoms with van der Waals surface area (Å²) in [5, 5.41) is 12.9. The van der Waals surface area contributed by atoms with Crippen molar-refractivity contribution in [2.45, 2.75) is 5.92 Å². The van der Waals surface area contributed by atoms with Crippen LogP contribution in [0.15, 0.2) is 53.7 Å². The van der Waals surface area contributed by atoms with Gasteiger partial charge in [-0.25, -0.2) is 0 Å². The van der Waals surface area contributed by atoms with Gasteiger partial charge in [-0.05, 0) is 17.7 Å². The number of hydrogen-bond donors (Lipinski definition) is 1. The Balaban J connectivity index is 2.03. The third-order valence-electron chi connectivity index (χ3n) is 3.51. The Morgan fingerprint density at radius 2 is 2.00 bits per heavy atom. The van der Waals surface area contributed by atoms with E-state index in [-0.39, 0.29) is 5.92 Å². The van der Waals surface area contributed by atoms with Crippen molar-refractivity contribution in [3.05, 3.63) is 59.7 Å². The number of hydrogen-bond acceptors (Lipinski definition) is 4. The lowest BCUT2D eigenvalue weighted by Gasteiger charge is -2.26. The minimum absolute atomic E-state index is 0.0675. The zero-order valence-corrected chi connectivity index (χ0v) is 11.1. The summed E-state index contributed by atoms with van der Waals surface area (Å²) in [4.78, 5) is 0. The zero-order valence-electron chi connectivity index (χ0n) is 11.1. The number of benzene rings is 2. The lowest BCUT2D eigenvalue weighted by molar-refractivity contribution is 0.284. The molecule has 1 unspecified atom stereocenters. The standard InChI is InChI=1S/C16H15NO3/c1-19-12-7-8-13-15(9-12)20-10-14(16(13)17-18)11-5-3-2-4-6-11/h2-9,14,18H,10H2,1H3. The Morgan fingerprint density at radius 3 is 2.70 bits per heavy atom. The highest BCUT2D eigenvalue weighted by Crippen LogP contribution is 2.35. The van der Waals surface area contributed by atoms with Crippen LogP contribution in [0.2, 0.25) is 0 Å². The highest BCUT2D eigenvalue weighted by atomic mass is 16.5. The van der Waals surface area contributed by atoms with E-state index in [1.807, 2.05) is 48.5 Å². The molecule has 2 aromatic carbocycles. The lowest BCUT2D eigenvalue weighted by Crippen LogP contribution is -2.26. The zero-order chi connectivity index (χ0) is 13.9. The molecular weight excluding hydrogens is 254 g/mol. The second-order valence-electron chi connectivity index (χ2n) is 4.62. The minimum Gasteiger partial charge on any atom is -0.497 e. The molecule has 0 bridgehead atoms. The van der Waals surface area contributed by atoms with Crippen LogP contribution >= 0.6 is 0 Å². The summed E-state index contributed by atoms with van der Waals surface area (Å²) in [6, 6.07) is 15.4. The molecule has 1 aliphatic rings. The van der Waals surface area contributed by atoms with Gasteiger partial charge < -0.3 is 14.7 Å². The molecular formula is C16H15NO3. The first kappa shape index (κ1) is 12.5. The topological polar surface area (TPSA) is 51.0 Å².